The number of benzene rings is 1. The number of hydrogen-bond acceptors (Lipinski definition) is 3. The summed E-state index contributed by atoms with van der Waals surface area (Å²) >= 11 is 8.27. The van der Waals surface area contributed by atoms with Crippen molar-refractivity contribution in [1.82, 2.24) is 10.9 Å². The number of hydrogen-bond donors (Lipinski definition) is 3. The predicted molar refractivity (Wildman–Crippen MR) is 69.0 cm³/mol. The van der Waals surface area contributed by atoms with Gasteiger partial charge in [-0.2, -0.15) is 0 Å². The molecule has 5 nitrogen and oxygen atoms in total. The minimum absolute atomic E-state index is 0.267. The van der Waals surface area contributed by atoms with Crippen LogP contribution >= 0.6 is 28.1 Å². The molecule has 0 fully saturated rings. The highest BCUT2D eigenvalue weighted by Gasteiger charge is 2.00. The number of carbonyl (C=O) groups excluding carboxylic acids is 1. The van der Waals surface area contributed by atoms with Gasteiger partial charge in [0.05, 0.1) is 7.11 Å². The molecule has 0 radical (unpaired) electrons. The van der Waals surface area contributed by atoms with Crippen molar-refractivity contribution in [3.05, 3.63) is 28.7 Å². The molecular weight excluding hydrogens is 294 g/mol. The first-order valence-corrected chi connectivity index (χ1v) is 5.48. The van der Waals surface area contributed by atoms with Crippen LogP contribution in [0.5, 0.6) is 0 Å². The highest BCUT2D eigenvalue weighted by molar-refractivity contribution is 9.10. The van der Waals surface area contributed by atoms with Gasteiger partial charge in [0.25, 0.3) is 0 Å². The Morgan fingerprint density at radius 3 is 2.81 bits per heavy atom. The summed E-state index contributed by atoms with van der Waals surface area (Å²) in [4.78, 5) is 10.7. The van der Waals surface area contributed by atoms with E-state index in [2.05, 4.69) is 36.8 Å². The Kier molecular flexibility index (Phi) is 5.00. The second-order valence-electron chi connectivity index (χ2n) is 2.71. The molecular formula is C9H10BrN3O2S. The third-order valence-corrected chi connectivity index (χ3v) is 2.24. The summed E-state index contributed by atoms with van der Waals surface area (Å²) < 4.78 is 5.29. The summed E-state index contributed by atoms with van der Waals surface area (Å²) in [5, 5.41) is 3.15. The topological polar surface area (TPSA) is 62.4 Å². The van der Waals surface area contributed by atoms with E-state index in [-0.39, 0.29) is 5.11 Å². The van der Waals surface area contributed by atoms with Crippen molar-refractivity contribution in [2.24, 2.45) is 0 Å². The Balaban J connectivity index is 2.43. The lowest BCUT2D eigenvalue weighted by Crippen LogP contribution is -2.43. The first-order valence-electron chi connectivity index (χ1n) is 4.28. The van der Waals surface area contributed by atoms with Crippen molar-refractivity contribution in [2.45, 2.75) is 0 Å². The third kappa shape index (κ3) is 4.45. The lowest BCUT2D eigenvalue weighted by Gasteiger charge is -2.10. The van der Waals surface area contributed by atoms with Crippen LogP contribution in [0.25, 0.3) is 0 Å². The molecule has 0 saturated carbocycles. The number of ether oxygens (including phenoxy) is 1. The van der Waals surface area contributed by atoms with Crippen LogP contribution < -0.4 is 16.2 Å². The maximum Gasteiger partial charge on any atom is 0.425 e. The van der Waals surface area contributed by atoms with E-state index in [1.165, 1.54) is 7.11 Å². The summed E-state index contributed by atoms with van der Waals surface area (Å²) in [6, 6.07) is 7.46. The Morgan fingerprint density at radius 2 is 2.19 bits per heavy atom. The van der Waals surface area contributed by atoms with Crippen molar-refractivity contribution in [1.29, 1.82) is 0 Å². The van der Waals surface area contributed by atoms with Gasteiger partial charge in [0.2, 0.25) is 0 Å². The molecule has 1 amide bonds. The van der Waals surface area contributed by atoms with Gasteiger partial charge in [-0.1, -0.05) is 22.0 Å². The van der Waals surface area contributed by atoms with Gasteiger partial charge >= 0.3 is 6.09 Å². The average molecular weight is 304 g/mol. The molecule has 0 aliphatic carbocycles. The number of rotatable bonds is 1. The summed E-state index contributed by atoms with van der Waals surface area (Å²) in [5.74, 6) is 0. The number of carbonyl (C=O) groups is 1. The van der Waals surface area contributed by atoms with Crippen LogP contribution in [0.15, 0.2) is 28.7 Å². The van der Waals surface area contributed by atoms with E-state index in [0.717, 1.165) is 10.2 Å². The monoisotopic (exact) mass is 303 g/mol. The van der Waals surface area contributed by atoms with Gasteiger partial charge in [0.15, 0.2) is 5.11 Å². The van der Waals surface area contributed by atoms with E-state index < -0.39 is 6.09 Å². The minimum Gasteiger partial charge on any atom is -0.452 e. The molecule has 1 aromatic carbocycles. The van der Waals surface area contributed by atoms with Crippen LogP contribution in [-0.2, 0) is 4.74 Å². The van der Waals surface area contributed by atoms with Gasteiger partial charge in [-0.3, -0.25) is 5.43 Å². The molecule has 16 heavy (non-hydrogen) atoms. The number of thiocarbonyl (C=S) groups is 1. The first-order chi connectivity index (χ1) is 7.61. The highest BCUT2D eigenvalue weighted by atomic mass is 79.9. The Hall–Kier alpha value is -1.34. The van der Waals surface area contributed by atoms with Crippen LogP contribution in [0.4, 0.5) is 10.5 Å². The largest absolute Gasteiger partial charge is 0.452 e. The van der Waals surface area contributed by atoms with E-state index in [9.17, 15) is 4.79 Å². The van der Waals surface area contributed by atoms with Crippen LogP contribution in [0, 0.1) is 0 Å². The molecule has 1 rings (SSSR count). The van der Waals surface area contributed by atoms with E-state index in [0.29, 0.717) is 0 Å². The fraction of sp³-hybridized carbons (Fsp3) is 0.111. The Bertz CT molecular complexity index is 400. The fourth-order valence-corrected chi connectivity index (χ4v) is 1.46. The van der Waals surface area contributed by atoms with Crippen molar-refractivity contribution in [3.8, 4) is 0 Å². The molecule has 0 bridgehead atoms. The summed E-state index contributed by atoms with van der Waals surface area (Å²) in [7, 11) is 1.27. The second-order valence-corrected chi connectivity index (χ2v) is 4.03. The molecule has 0 unspecified atom stereocenters. The molecule has 1 aromatic rings. The number of amides is 1. The van der Waals surface area contributed by atoms with E-state index >= 15 is 0 Å². The van der Waals surface area contributed by atoms with Crippen molar-refractivity contribution in [2.75, 3.05) is 12.4 Å². The quantitative estimate of drug-likeness (QED) is 0.547. The van der Waals surface area contributed by atoms with Gasteiger partial charge in [-0.15, -0.1) is 0 Å². The Morgan fingerprint density at radius 1 is 1.44 bits per heavy atom. The molecule has 0 aliphatic heterocycles. The van der Waals surface area contributed by atoms with E-state index in [4.69, 9.17) is 12.2 Å². The molecule has 0 aliphatic rings. The standard InChI is InChI=1S/C9H10BrN3O2S/c1-15-9(14)13-12-8(16)11-7-4-2-3-6(10)5-7/h2-5H,1H3,(H,13,14)(H2,11,12,16). The summed E-state index contributed by atoms with van der Waals surface area (Å²) in [6.45, 7) is 0. The molecule has 7 heteroatoms. The number of hydrazine groups is 1. The van der Waals surface area contributed by atoms with Crippen LogP contribution in [-0.4, -0.2) is 18.3 Å². The second kappa shape index (κ2) is 6.29. The lowest BCUT2D eigenvalue weighted by molar-refractivity contribution is 0.169. The van der Waals surface area contributed by atoms with Gasteiger partial charge in [-0.25, -0.2) is 10.2 Å². The predicted octanol–water partition coefficient (Wildman–Crippen LogP) is 2.01. The zero-order chi connectivity index (χ0) is 12.0. The Labute approximate surface area is 107 Å². The van der Waals surface area contributed by atoms with Gasteiger partial charge in [0.1, 0.15) is 0 Å². The molecule has 0 heterocycles. The molecule has 0 atom stereocenters. The molecule has 0 aromatic heterocycles. The average Bonchev–Trinajstić information content (AvgIpc) is 2.26. The molecule has 0 spiro atoms. The van der Waals surface area contributed by atoms with Gasteiger partial charge < -0.3 is 10.1 Å². The van der Waals surface area contributed by atoms with Gasteiger partial charge in [0, 0.05) is 10.2 Å². The number of anilines is 1. The molecule has 86 valence electrons. The van der Waals surface area contributed by atoms with Crippen LogP contribution in [0.2, 0.25) is 0 Å². The highest BCUT2D eigenvalue weighted by Crippen LogP contribution is 2.15. The first kappa shape index (κ1) is 12.7. The van der Waals surface area contributed by atoms with Gasteiger partial charge in [-0.05, 0) is 30.4 Å². The number of methoxy groups -OCH3 is 1. The number of nitrogens with one attached hydrogen (secondary N) is 3. The van der Waals surface area contributed by atoms with E-state index in [1.54, 1.807) is 0 Å². The molecule has 3 N–H and O–H groups in total. The van der Waals surface area contributed by atoms with Crippen LogP contribution in [0.3, 0.4) is 0 Å². The van der Waals surface area contributed by atoms with E-state index in [1.807, 2.05) is 24.3 Å². The van der Waals surface area contributed by atoms with Crippen LogP contribution in [0.1, 0.15) is 0 Å². The maximum absolute atomic E-state index is 10.7. The normalized spacial score (nSPS) is 9.12. The SMILES string of the molecule is COC(=O)NNC(=S)Nc1cccc(Br)c1. The number of halogens is 1. The van der Waals surface area contributed by atoms with Crippen molar-refractivity contribution in [3.63, 3.8) is 0 Å². The zero-order valence-corrected chi connectivity index (χ0v) is 10.8. The summed E-state index contributed by atoms with van der Waals surface area (Å²) in [5.41, 5.74) is 5.53. The maximum atomic E-state index is 10.7. The lowest BCUT2D eigenvalue weighted by atomic mass is 10.3. The van der Waals surface area contributed by atoms with Crippen molar-refractivity contribution < 1.29 is 9.53 Å². The molecule has 0 saturated heterocycles. The fourth-order valence-electron chi connectivity index (χ4n) is 0.887. The third-order valence-electron chi connectivity index (χ3n) is 1.55. The minimum atomic E-state index is -0.613. The zero-order valence-electron chi connectivity index (χ0n) is 8.41. The smallest absolute Gasteiger partial charge is 0.425 e. The summed E-state index contributed by atoms with van der Waals surface area (Å²) in [6.07, 6.45) is -0.613. The van der Waals surface area contributed by atoms with Crippen molar-refractivity contribution >= 4 is 45.0 Å².